The normalized spacial score (nSPS) is 10.9. The number of hydrogen-bond acceptors (Lipinski definition) is 6. The molecule has 140 valence electrons. The Bertz CT molecular complexity index is 974. The van der Waals surface area contributed by atoms with Gasteiger partial charge in [-0.3, -0.25) is 4.79 Å². The topological polar surface area (TPSA) is 110 Å². The molecule has 0 spiro atoms. The Hall–Kier alpha value is -3.42. The number of rotatable bonds is 5. The number of H-pyrrole nitrogens is 1. The van der Waals surface area contributed by atoms with Crippen LogP contribution in [0.15, 0.2) is 35.1 Å². The third-order valence-electron chi connectivity index (χ3n) is 3.94. The number of aromatic amines is 1. The van der Waals surface area contributed by atoms with Gasteiger partial charge in [-0.15, -0.1) is 10.2 Å². The summed E-state index contributed by atoms with van der Waals surface area (Å²) in [5, 5.41) is 10.3. The van der Waals surface area contributed by atoms with E-state index in [0.29, 0.717) is 39.7 Å². The molecule has 8 heteroatoms. The van der Waals surface area contributed by atoms with Crippen LogP contribution < -0.4 is 5.32 Å². The van der Waals surface area contributed by atoms with Gasteiger partial charge in [0.25, 0.3) is 5.91 Å². The Labute approximate surface area is 155 Å². The number of anilines is 1. The van der Waals surface area contributed by atoms with Crippen molar-refractivity contribution in [2.75, 3.05) is 5.32 Å². The van der Waals surface area contributed by atoms with Crippen molar-refractivity contribution in [3.05, 3.63) is 53.2 Å². The summed E-state index contributed by atoms with van der Waals surface area (Å²) in [5.74, 6) is -0.452. The van der Waals surface area contributed by atoms with Crippen molar-refractivity contribution in [1.82, 2.24) is 15.2 Å². The van der Waals surface area contributed by atoms with Crippen LogP contribution in [0.25, 0.3) is 11.5 Å². The van der Waals surface area contributed by atoms with Crippen molar-refractivity contribution in [2.45, 2.75) is 33.8 Å². The molecule has 1 aromatic carbocycles. The molecule has 0 aliphatic heterocycles. The molecule has 0 bridgehead atoms. The highest BCUT2D eigenvalue weighted by molar-refractivity contribution is 6.07. The van der Waals surface area contributed by atoms with Gasteiger partial charge in [-0.05, 0) is 51.5 Å². The number of esters is 1. The number of carbonyl (C=O) groups excluding carboxylic acids is 2. The standard InChI is InChI=1S/C19H20N4O4/c1-10(2)27-19(25)15-11(3)16(21-12(15)4)17(24)22-14-7-5-6-13(8-14)18-23-20-9-26-18/h5-10,21H,1-4H3,(H,22,24). The zero-order valence-electron chi connectivity index (χ0n) is 15.5. The van der Waals surface area contributed by atoms with Crippen LogP contribution in [0.1, 0.15) is 46.0 Å². The van der Waals surface area contributed by atoms with E-state index in [-0.39, 0.29) is 12.0 Å². The first-order chi connectivity index (χ1) is 12.9. The zero-order valence-corrected chi connectivity index (χ0v) is 15.5. The van der Waals surface area contributed by atoms with E-state index < -0.39 is 5.97 Å². The van der Waals surface area contributed by atoms with E-state index in [4.69, 9.17) is 9.15 Å². The molecule has 0 aliphatic carbocycles. The average Bonchev–Trinajstić information content (AvgIpc) is 3.22. The van der Waals surface area contributed by atoms with Gasteiger partial charge in [-0.1, -0.05) is 6.07 Å². The molecule has 0 atom stereocenters. The lowest BCUT2D eigenvalue weighted by Crippen LogP contribution is -2.15. The first-order valence-electron chi connectivity index (χ1n) is 8.45. The predicted octanol–water partition coefficient (Wildman–Crippen LogP) is 3.50. The molecule has 0 saturated carbocycles. The second kappa shape index (κ2) is 7.45. The average molecular weight is 368 g/mol. The van der Waals surface area contributed by atoms with E-state index >= 15 is 0 Å². The molecule has 0 radical (unpaired) electrons. The van der Waals surface area contributed by atoms with E-state index in [1.165, 1.54) is 6.39 Å². The first kappa shape index (κ1) is 18.4. The number of nitrogens with zero attached hydrogens (tertiary/aromatic N) is 2. The van der Waals surface area contributed by atoms with E-state index in [0.717, 1.165) is 0 Å². The van der Waals surface area contributed by atoms with Crippen LogP contribution >= 0.6 is 0 Å². The molecule has 2 aromatic heterocycles. The largest absolute Gasteiger partial charge is 0.459 e. The smallest absolute Gasteiger partial charge is 0.340 e. The van der Waals surface area contributed by atoms with Gasteiger partial charge in [0.2, 0.25) is 12.3 Å². The van der Waals surface area contributed by atoms with Gasteiger partial charge in [0, 0.05) is 16.9 Å². The van der Waals surface area contributed by atoms with Gasteiger partial charge in [-0.2, -0.15) is 0 Å². The van der Waals surface area contributed by atoms with Crippen molar-refractivity contribution in [3.8, 4) is 11.5 Å². The number of ether oxygens (including phenoxy) is 1. The molecule has 1 amide bonds. The van der Waals surface area contributed by atoms with Gasteiger partial charge < -0.3 is 19.5 Å². The Balaban J connectivity index is 1.83. The van der Waals surface area contributed by atoms with E-state index in [1.54, 1.807) is 52.0 Å². The van der Waals surface area contributed by atoms with Crippen LogP contribution in [-0.2, 0) is 4.74 Å². The Morgan fingerprint density at radius 2 is 2.04 bits per heavy atom. The number of nitrogens with one attached hydrogen (secondary N) is 2. The van der Waals surface area contributed by atoms with Crippen molar-refractivity contribution in [2.24, 2.45) is 0 Å². The van der Waals surface area contributed by atoms with Crippen LogP contribution in [0.5, 0.6) is 0 Å². The zero-order chi connectivity index (χ0) is 19.6. The van der Waals surface area contributed by atoms with Crippen LogP contribution in [-0.4, -0.2) is 33.2 Å². The highest BCUT2D eigenvalue weighted by Crippen LogP contribution is 2.23. The molecule has 0 unspecified atom stereocenters. The summed E-state index contributed by atoms with van der Waals surface area (Å²) in [6.07, 6.45) is 1.000. The minimum Gasteiger partial charge on any atom is -0.459 e. The SMILES string of the molecule is Cc1[nH]c(C(=O)Nc2cccc(-c3nnco3)c2)c(C)c1C(=O)OC(C)C. The number of amides is 1. The minimum atomic E-state index is -0.450. The summed E-state index contributed by atoms with van der Waals surface area (Å²) < 4.78 is 10.4. The lowest BCUT2D eigenvalue weighted by Gasteiger charge is -2.08. The lowest BCUT2D eigenvalue weighted by molar-refractivity contribution is 0.0376. The van der Waals surface area contributed by atoms with Gasteiger partial charge >= 0.3 is 5.97 Å². The fourth-order valence-corrected chi connectivity index (χ4v) is 2.78. The lowest BCUT2D eigenvalue weighted by atomic mass is 10.1. The third-order valence-corrected chi connectivity index (χ3v) is 3.94. The number of benzene rings is 1. The highest BCUT2D eigenvalue weighted by atomic mass is 16.5. The van der Waals surface area contributed by atoms with Gasteiger partial charge in [0.05, 0.1) is 11.7 Å². The second-order valence-corrected chi connectivity index (χ2v) is 6.36. The van der Waals surface area contributed by atoms with E-state index in [2.05, 4.69) is 20.5 Å². The number of aromatic nitrogens is 3. The molecular weight excluding hydrogens is 348 g/mol. The van der Waals surface area contributed by atoms with Gasteiger partial charge in [0.15, 0.2) is 0 Å². The van der Waals surface area contributed by atoms with Crippen LogP contribution in [0.2, 0.25) is 0 Å². The quantitative estimate of drug-likeness (QED) is 0.667. The first-order valence-corrected chi connectivity index (χ1v) is 8.45. The minimum absolute atomic E-state index is 0.240. The summed E-state index contributed by atoms with van der Waals surface area (Å²) in [6.45, 7) is 7.00. The maximum Gasteiger partial charge on any atom is 0.340 e. The van der Waals surface area contributed by atoms with E-state index in [9.17, 15) is 9.59 Å². The fourth-order valence-electron chi connectivity index (χ4n) is 2.78. The fraction of sp³-hybridized carbons (Fsp3) is 0.263. The summed E-state index contributed by atoms with van der Waals surface area (Å²) >= 11 is 0. The van der Waals surface area contributed by atoms with Crippen molar-refractivity contribution in [3.63, 3.8) is 0 Å². The summed E-state index contributed by atoms with van der Waals surface area (Å²) in [6, 6.07) is 7.04. The number of hydrogen-bond donors (Lipinski definition) is 2. The number of aryl methyl sites for hydroxylation is 1. The monoisotopic (exact) mass is 368 g/mol. The molecule has 2 heterocycles. The molecule has 0 saturated heterocycles. The Morgan fingerprint density at radius 3 is 2.70 bits per heavy atom. The van der Waals surface area contributed by atoms with Gasteiger partial charge in [0.1, 0.15) is 5.69 Å². The predicted molar refractivity (Wildman–Crippen MR) is 98.5 cm³/mol. The molecule has 0 aliphatic rings. The van der Waals surface area contributed by atoms with Crippen LogP contribution in [0, 0.1) is 13.8 Å². The summed E-state index contributed by atoms with van der Waals surface area (Å²) in [5.41, 5.74) is 3.08. The molecule has 27 heavy (non-hydrogen) atoms. The summed E-state index contributed by atoms with van der Waals surface area (Å²) in [4.78, 5) is 27.9. The van der Waals surface area contributed by atoms with Crippen molar-refractivity contribution in [1.29, 1.82) is 0 Å². The summed E-state index contributed by atoms with van der Waals surface area (Å²) in [7, 11) is 0. The van der Waals surface area contributed by atoms with Gasteiger partial charge in [-0.25, -0.2) is 4.79 Å². The highest BCUT2D eigenvalue weighted by Gasteiger charge is 2.23. The third kappa shape index (κ3) is 3.89. The Kier molecular flexibility index (Phi) is 5.07. The van der Waals surface area contributed by atoms with Crippen LogP contribution in [0.3, 0.4) is 0 Å². The maximum atomic E-state index is 12.7. The molecule has 3 aromatic rings. The van der Waals surface area contributed by atoms with Crippen molar-refractivity contribution < 1.29 is 18.7 Å². The van der Waals surface area contributed by atoms with Crippen LogP contribution in [0.4, 0.5) is 5.69 Å². The van der Waals surface area contributed by atoms with Crippen molar-refractivity contribution >= 4 is 17.6 Å². The second-order valence-electron chi connectivity index (χ2n) is 6.36. The number of carbonyl (C=O) groups is 2. The van der Waals surface area contributed by atoms with E-state index in [1.807, 2.05) is 0 Å². The molecule has 2 N–H and O–H groups in total. The maximum absolute atomic E-state index is 12.7. The molecule has 3 rings (SSSR count). The Morgan fingerprint density at radius 1 is 1.26 bits per heavy atom. The molecule has 8 nitrogen and oxygen atoms in total. The molecular formula is C19H20N4O4. The molecule has 0 fully saturated rings.